The van der Waals surface area contributed by atoms with Crippen molar-refractivity contribution in [1.82, 2.24) is 0 Å². The predicted octanol–water partition coefficient (Wildman–Crippen LogP) is 2.44. The molecular formula is C12H15NO. The molecule has 0 spiro atoms. The predicted molar refractivity (Wildman–Crippen MR) is 59.7 cm³/mol. The Balaban J connectivity index is 2.85. The number of hydrogen-bond acceptors (Lipinski definition) is 2. The van der Waals surface area contributed by atoms with E-state index in [1.54, 1.807) is 0 Å². The van der Waals surface area contributed by atoms with Gasteiger partial charge in [0, 0.05) is 0 Å². The number of aryl methyl sites for hydroxylation is 1. The molecule has 1 N–H and O–H groups in total. The van der Waals surface area contributed by atoms with Gasteiger partial charge in [-0.3, -0.25) is 0 Å². The zero-order valence-electron chi connectivity index (χ0n) is 8.63. The Morgan fingerprint density at radius 1 is 1.50 bits per heavy atom. The van der Waals surface area contributed by atoms with E-state index in [9.17, 15) is 0 Å². The molecule has 0 heterocycles. The summed E-state index contributed by atoms with van der Waals surface area (Å²) in [7, 11) is 0. The minimum Gasteiger partial charge on any atom is -0.492 e. The lowest BCUT2D eigenvalue weighted by Gasteiger charge is -2.11. The Hall–Kier alpha value is -1.62. The van der Waals surface area contributed by atoms with Crippen LogP contribution in [0.5, 0.6) is 5.75 Å². The van der Waals surface area contributed by atoms with Crippen LogP contribution in [0.1, 0.15) is 12.5 Å². The summed E-state index contributed by atoms with van der Waals surface area (Å²) < 4.78 is 5.48. The number of rotatable bonds is 4. The van der Waals surface area contributed by atoms with E-state index in [0.717, 1.165) is 11.4 Å². The van der Waals surface area contributed by atoms with Gasteiger partial charge in [0.05, 0.1) is 18.8 Å². The lowest BCUT2D eigenvalue weighted by molar-refractivity contribution is 0.341. The third kappa shape index (κ3) is 2.70. The Kier molecular flexibility index (Phi) is 3.87. The van der Waals surface area contributed by atoms with Gasteiger partial charge in [-0.2, -0.15) is 0 Å². The van der Waals surface area contributed by atoms with Crippen LogP contribution < -0.4 is 10.1 Å². The van der Waals surface area contributed by atoms with Crippen LogP contribution in [0.25, 0.3) is 0 Å². The van der Waals surface area contributed by atoms with Gasteiger partial charge >= 0.3 is 0 Å². The largest absolute Gasteiger partial charge is 0.492 e. The standard InChI is InChI=1S/C12H15NO/c1-4-8-13-11-7-6-10(3)9-12(11)14-5-2/h1,6-7,9,13H,5,8H2,2-3H3. The summed E-state index contributed by atoms with van der Waals surface area (Å²) in [5.74, 6) is 3.40. The molecule has 14 heavy (non-hydrogen) atoms. The van der Waals surface area contributed by atoms with Gasteiger partial charge in [0.2, 0.25) is 0 Å². The van der Waals surface area contributed by atoms with Crippen molar-refractivity contribution >= 4 is 5.69 Å². The van der Waals surface area contributed by atoms with E-state index in [1.807, 2.05) is 32.0 Å². The molecule has 1 rings (SSSR count). The average Bonchev–Trinajstić information content (AvgIpc) is 2.17. The monoisotopic (exact) mass is 189 g/mol. The first-order valence-electron chi connectivity index (χ1n) is 4.68. The van der Waals surface area contributed by atoms with Gasteiger partial charge in [-0.15, -0.1) is 6.42 Å². The van der Waals surface area contributed by atoms with Crippen molar-refractivity contribution in [3.05, 3.63) is 23.8 Å². The molecule has 74 valence electrons. The molecule has 0 radical (unpaired) electrons. The molecular weight excluding hydrogens is 174 g/mol. The van der Waals surface area contributed by atoms with E-state index >= 15 is 0 Å². The molecule has 2 nitrogen and oxygen atoms in total. The van der Waals surface area contributed by atoms with Crippen molar-refractivity contribution in [1.29, 1.82) is 0 Å². The molecule has 0 amide bonds. The van der Waals surface area contributed by atoms with Gasteiger partial charge in [0.25, 0.3) is 0 Å². The Labute approximate surface area is 85.3 Å². The van der Waals surface area contributed by atoms with Crippen molar-refractivity contribution in [3.8, 4) is 18.1 Å². The van der Waals surface area contributed by atoms with Crippen molar-refractivity contribution in [2.75, 3.05) is 18.5 Å². The zero-order chi connectivity index (χ0) is 10.4. The molecule has 0 fully saturated rings. The second-order valence-corrected chi connectivity index (χ2v) is 2.99. The van der Waals surface area contributed by atoms with E-state index < -0.39 is 0 Å². The summed E-state index contributed by atoms with van der Waals surface area (Å²) >= 11 is 0. The SMILES string of the molecule is C#CCNc1ccc(C)cc1OCC. The van der Waals surface area contributed by atoms with Crippen LogP contribution in [0.2, 0.25) is 0 Å². The lowest BCUT2D eigenvalue weighted by Crippen LogP contribution is -2.02. The van der Waals surface area contributed by atoms with Crippen LogP contribution in [-0.4, -0.2) is 13.2 Å². The zero-order valence-corrected chi connectivity index (χ0v) is 8.63. The maximum absolute atomic E-state index is 5.48. The summed E-state index contributed by atoms with van der Waals surface area (Å²) in [6, 6.07) is 6.02. The fourth-order valence-electron chi connectivity index (χ4n) is 1.20. The minimum absolute atomic E-state index is 0.517. The summed E-state index contributed by atoms with van der Waals surface area (Å²) in [4.78, 5) is 0. The average molecular weight is 189 g/mol. The Bertz CT molecular complexity index is 339. The number of hydrogen-bond donors (Lipinski definition) is 1. The maximum Gasteiger partial charge on any atom is 0.142 e. The van der Waals surface area contributed by atoms with Crippen molar-refractivity contribution in [2.45, 2.75) is 13.8 Å². The quantitative estimate of drug-likeness (QED) is 0.734. The smallest absolute Gasteiger partial charge is 0.142 e. The first-order valence-corrected chi connectivity index (χ1v) is 4.68. The number of terminal acetylenes is 1. The minimum atomic E-state index is 0.517. The molecule has 0 aromatic heterocycles. The highest BCUT2D eigenvalue weighted by Crippen LogP contribution is 2.25. The molecule has 2 heteroatoms. The van der Waals surface area contributed by atoms with Gasteiger partial charge in [0.15, 0.2) is 0 Å². The van der Waals surface area contributed by atoms with Gasteiger partial charge in [0.1, 0.15) is 5.75 Å². The van der Waals surface area contributed by atoms with Crippen LogP contribution >= 0.6 is 0 Å². The number of anilines is 1. The maximum atomic E-state index is 5.48. The van der Waals surface area contributed by atoms with Crippen LogP contribution in [-0.2, 0) is 0 Å². The summed E-state index contributed by atoms with van der Waals surface area (Å²) in [6.07, 6.45) is 5.18. The van der Waals surface area contributed by atoms with Gasteiger partial charge in [-0.25, -0.2) is 0 Å². The van der Waals surface area contributed by atoms with Crippen LogP contribution in [0, 0.1) is 19.3 Å². The van der Waals surface area contributed by atoms with Crippen LogP contribution in [0.15, 0.2) is 18.2 Å². The number of nitrogens with one attached hydrogen (secondary N) is 1. The van der Waals surface area contributed by atoms with E-state index in [-0.39, 0.29) is 0 Å². The summed E-state index contributed by atoms with van der Waals surface area (Å²) in [5, 5.41) is 3.11. The molecule has 0 bridgehead atoms. The molecule has 0 saturated carbocycles. The highest BCUT2D eigenvalue weighted by molar-refractivity contribution is 5.58. The second-order valence-electron chi connectivity index (χ2n) is 2.99. The summed E-state index contributed by atoms with van der Waals surface area (Å²) in [5.41, 5.74) is 2.13. The normalized spacial score (nSPS) is 9.21. The third-order valence-corrected chi connectivity index (χ3v) is 1.82. The van der Waals surface area contributed by atoms with Gasteiger partial charge in [-0.05, 0) is 31.5 Å². The van der Waals surface area contributed by atoms with Crippen molar-refractivity contribution in [3.63, 3.8) is 0 Å². The Morgan fingerprint density at radius 3 is 2.93 bits per heavy atom. The molecule has 0 saturated heterocycles. The molecule has 1 aromatic carbocycles. The topological polar surface area (TPSA) is 21.3 Å². The molecule has 0 atom stereocenters. The second kappa shape index (κ2) is 5.18. The first-order chi connectivity index (χ1) is 6.77. The molecule has 1 aromatic rings. The molecule has 0 aliphatic carbocycles. The van der Waals surface area contributed by atoms with Crippen molar-refractivity contribution in [2.24, 2.45) is 0 Å². The summed E-state index contributed by atoms with van der Waals surface area (Å²) in [6.45, 7) is 5.18. The number of benzene rings is 1. The third-order valence-electron chi connectivity index (χ3n) is 1.82. The van der Waals surface area contributed by atoms with Crippen molar-refractivity contribution < 1.29 is 4.74 Å². The van der Waals surface area contributed by atoms with Crippen LogP contribution in [0.4, 0.5) is 5.69 Å². The first kappa shape index (κ1) is 10.5. The fraction of sp³-hybridized carbons (Fsp3) is 0.333. The fourth-order valence-corrected chi connectivity index (χ4v) is 1.20. The van der Waals surface area contributed by atoms with E-state index in [2.05, 4.69) is 11.2 Å². The van der Waals surface area contributed by atoms with E-state index in [4.69, 9.17) is 11.2 Å². The lowest BCUT2D eigenvalue weighted by atomic mass is 10.2. The molecule has 0 unspecified atom stereocenters. The Morgan fingerprint density at radius 2 is 2.29 bits per heavy atom. The van der Waals surface area contributed by atoms with Gasteiger partial charge in [-0.1, -0.05) is 12.0 Å². The highest BCUT2D eigenvalue weighted by Gasteiger charge is 2.01. The van der Waals surface area contributed by atoms with Gasteiger partial charge < -0.3 is 10.1 Å². The number of ether oxygens (including phenoxy) is 1. The highest BCUT2D eigenvalue weighted by atomic mass is 16.5. The van der Waals surface area contributed by atoms with E-state index in [1.165, 1.54) is 5.56 Å². The van der Waals surface area contributed by atoms with Crippen LogP contribution in [0.3, 0.4) is 0 Å². The van der Waals surface area contributed by atoms with E-state index in [0.29, 0.717) is 13.2 Å². The molecule has 0 aliphatic heterocycles. The molecule has 0 aliphatic rings.